The van der Waals surface area contributed by atoms with Gasteiger partial charge in [-0.2, -0.15) is 5.26 Å². The highest BCUT2D eigenvalue weighted by Gasteiger charge is 2.33. The van der Waals surface area contributed by atoms with Gasteiger partial charge in [0.2, 0.25) is 0 Å². The molecular formula is C24H21N3O2. The maximum Gasteiger partial charge on any atom is 0.262 e. The molecule has 0 fully saturated rings. The number of fused-ring (bicyclic) bond motifs is 1. The number of anilines is 2. The first-order chi connectivity index (χ1) is 14.2. The number of carbonyl (C=O) groups excluding carboxylic acids is 1. The van der Waals surface area contributed by atoms with Crippen molar-refractivity contribution in [3.63, 3.8) is 0 Å². The molecule has 1 heterocycles. The van der Waals surface area contributed by atoms with E-state index >= 15 is 0 Å². The van der Waals surface area contributed by atoms with Crippen molar-refractivity contribution in [3.8, 4) is 11.8 Å². The van der Waals surface area contributed by atoms with Crippen molar-refractivity contribution in [1.29, 1.82) is 5.26 Å². The molecule has 3 aromatic rings. The molecule has 1 aliphatic heterocycles. The van der Waals surface area contributed by atoms with E-state index in [2.05, 4.69) is 24.4 Å². The molecule has 1 aliphatic rings. The molecule has 1 atom stereocenters. The fourth-order valence-corrected chi connectivity index (χ4v) is 3.51. The number of nitrogens with zero attached hydrogens (tertiary/aromatic N) is 2. The van der Waals surface area contributed by atoms with Crippen LogP contribution in [-0.2, 0) is 6.42 Å². The molecular weight excluding hydrogens is 362 g/mol. The van der Waals surface area contributed by atoms with Crippen LogP contribution in [0.4, 0.5) is 11.4 Å². The number of ether oxygens (including phenoxy) is 1. The van der Waals surface area contributed by atoms with Gasteiger partial charge < -0.3 is 10.1 Å². The van der Waals surface area contributed by atoms with Gasteiger partial charge in [-0.05, 0) is 53.9 Å². The normalized spacial score (nSPS) is 15.2. The van der Waals surface area contributed by atoms with Gasteiger partial charge in [0, 0.05) is 11.4 Å². The van der Waals surface area contributed by atoms with E-state index in [1.54, 1.807) is 4.90 Å². The number of hydrogen-bond acceptors (Lipinski definition) is 4. The van der Waals surface area contributed by atoms with E-state index in [9.17, 15) is 4.79 Å². The predicted octanol–water partition coefficient (Wildman–Crippen LogP) is 4.92. The standard InChI is InChI=1S/C24H21N3O2/c1-2-17-7-11-19(12-8-17)27-23(18-9-13-20(14-10-18)29-16-15-25)26-22-6-4-3-5-21(22)24(27)28/h3-14,23,26H,2,16H2,1H3/t23-/m0/s1. The Morgan fingerprint density at radius 2 is 1.76 bits per heavy atom. The van der Waals surface area contributed by atoms with Gasteiger partial charge in [-0.1, -0.05) is 43.3 Å². The Kier molecular flexibility index (Phi) is 5.17. The quantitative estimate of drug-likeness (QED) is 0.679. The lowest BCUT2D eigenvalue weighted by Crippen LogP contribution is -2.43. The van der Waals surface area contributed by atoms with Crippen LogP contribution in [-0.4, -0.2) is 12.5 Å². The second-order valence-electron chi connectivity index (χ2n) is 6.80. The lowest BCUT2D eigenvalue weighted by atomic mass is 10.0. The molecule has 3 aromatic carbocycles. The highest BCUT2D eigenvalue weighted by molar-refractivity contribution is 6.12. The third-order valence-electron chi connectivity index (χ3n) is 5.05. The highest BCUT2D eigenvalue weighted by Crippen LogP contribution is 2.37. The minimum Gasteiger partial charge on any atom is -0.479 e. The summed E-state index contributed by atoms with van der Waals surface area (Å²) < 4.78 is 5.35. The number of aryl methyl sites for hydroxylation is 1. The van der Waals surface area contributed by atoms with Crippen LogP contribution in [0, 0.1) is 11.3 Å². The van der Waals surface area contributed by atoms with Gasteiger partial charge in [0.15, 0.2) is 6.61 Å². The Labute approximate surface area is 170 Å². The molecule has 1 N–H and O–H groups in total. The van der Waals surface area contributed by atoms with Crippen LogP contribution in [0.1, 0.15) is 34.6 Å². The third kappa shape index (κ3) is 3.65. The molecule has 0 aromatic heterocycles. The predicted molar refractivity (Wildman–Crippen MR) is 113 cm³/mol. The molecule has 0 unspecified atom stereocenters. The molecule has 29 heavy (non-hydrogen) atoms. The fraction of sp³-hybridized carbons (Fsp3) is 0.167. The number of amides is 1. The molecule has 0 saturated heterocycles. The second kappa shape index (κ2) is 8.07. The van der Waals surface area contributed by atoms with E-state index in [4.69, 9.17) is 10.00 Å². The number of para-hydroxylation sites is 1. The number of nitriles is 1. The molecule has 144 valence electrons. The van der Waals surface area contributed by atoms with Gasteiger partial charge in [0.25, 0.3) is 5.91 Å². The zero-order valence-corrected chi connectivity index (χ0v) is 16.1. The Balaban J connectivity index is 1.74. The summed E-state index contributed by atoms with van der Waals surface area (Å²) in [4.78, 5) is 15.2. The molecule has 0 saturated carbocycles. The molecule has 1 amide bonds. The van der Waals surface area contributed by atoms with Crippen molar-refractivity contribution in [3.05, 3.63) is 89.5 Å². The average Bonchev–Trinajstić information content (AvgIpc) is 2.78. The third-order valence-corrected chi connectivity index (χ3v) is 5.05. The van der Waals surface area contributed by atoms with Crippen LogP contribution in [0.15, 0.2) is 72.8 Å². The summed E-state index contributed by atoms with van der Waals surface area (Å²) in [6.45, 7) is 2.11. The molecule has 0 aliphatic carbocycles. The molecule has 0 spiro atoms. The summed E-state index contributed by atoms with van der Waals surface area (Å²) in [6.07, 6.45) is 0.595. The van der Waals surface area contributed by atoms with Gasteiger partial charge in [0.1, 0.15) is 18.0 Å². The van der Waals surface area contributed by atoms with E-state index in [1.807, 2.05) is 66.7 Å². The molecule has 5 heteroatoms. The molecule has 0 radical (unpaired) electrons. The van der Waals surface area contributed by atoms with Crippen LogP contribution in [0.25, 0.3) is 0 Å². The summed E-state index contributed by atoms with van der Waals surface area (Å²) in [5.41, 5.74) is 4.45. The van der Waals surface area contributed by atoms with E-state index in [0.717, 1.165) is 23.4 Å². The minimum absolute atomic E-state index is 0.00277. The number of benzene rings is 3. The van der Waals surface area contributed by atoms with Gasteiger partial charge >= 0.3 is 0 Å². The fourth-order valence-electron chi connectivity index (χ4n) is 3.51. The number of nitrogens with one attached hydrogen (secondary N) is 1. The monoisotopic (exact) mass is 383 g/mol. The summed E-state index contributed by atoms with van der Waals surface area (Å²) in [5.74, 6) is 0.579. The van der Waals surface area contributed by atoms with Crippen molar-refractivity contribution in [2.24, 2.45) is 0 Å². The van der Waals surface area contributed by atoms with Crippen LogP contribution in [0.3, 0.4) is 0 Å². The average molecular weight is 383 g/mol. The second-order valence-corrected chi connectivity index (χ2v) is 6.80. The largest absolute Gasteiger partial charge is 0.479 e. The van der Waals surface area contributed by atoms with Crippen molar-refractivity contribution in [2.45, 2.75) is 19.5 Å². The number of hydrogen-bond donors (Lipinski definition) is 1. The number of rotatable bonds is 5. The summed E-state index contributed by atoms with van der Waals surface area (Å²) in [6, 6.07) is 25.1. The first kappa shape index (κ1) is 18.6. The van der Waals surface area contributed by atoms with Crippen LogP contribution < -0.4 is 15.0 Å². The van der Waals surface area contributed by atoms with Gasteiger partial charge in [-0.25, -0.2) is 0 Å². The van der Waals surface area contributed by atoms with E-state index < -0.39 is 0 Å². The van der Waals surface area contributed by atoms with Crippen LogP contribution >= 0.6 is 0 Å². The Morgan fingerprint density at radius 1 is 1.03 bits per heavy atom. The Hall–Kier alpha value is -3.78. The van der Waals surface area contributed by atoms with Crippen molar-refractivity contribution < 1.29 is 9.53 Å². The van der Waals surface area contributed by atoms with Crippen LogP contribution in [0.5, 0.6) is 5.75 Å². The molecule has 5 nitrogen and oxygen atoms in total. The lowest BCUT2D eigenvalue weighted by Gasteiger charge is -2.38. The Morgan fingerprint density at radius 3 is 2.45 bits per heavy atom. The van der Waals surface area contributed by atoms with Crippen molar-refractivity contribution >= 4 is 17.3 Å². The maximum absolute atomic E-state index is 13.4. The zero-order chi connectivity index (χ0) is 20.2. The van der Waals surface area contributed by atoms with Gasteiger partial charge in [0.05, 0.1) is 5.56 Å². The number of carbonyl (C=O) groups is 1. The van der Waals surface area contributed by atoms with Gasteiger partial charge in [-0.15, -0.1) is 0 Å². The highest BCUT2D eigenvalue weighted by atomic mass is 16.5. The Bertz CT molecular complexity index is 1050. The van der Waals surface area contributed by atoms with E-state index in [0.29, 0.717) is 11.3 Å². The topological polar surface area (TPSA) is 65.4 Å². The maximum atomic E-state index is 13.4. The van der Waals surface area contributed by atoms with Crippen molar-refractivity contribution in [1.82, 2.24) is 0 Å². The van der Waals surface area contributed by atoms with Gasteiger partial charge in [-0.3, -0.25) is 9.69 Å². The summed E-state index contributed by atoms with van der Waals surface area (Å²) >= 11 is 0. The van der Waals surface area contributed by atoms with E-state index in [-0.39, 0.29) is 18.7 Å². The van der Waals surface area contributed by atoms with Crippen LogP contribution in [0.2, 0.25) is 0 Å². The molecule has 4 rings (SSSR count). The minimum atomic E-state index is -0.352. The SMILES string of the molecule is CCc1ccc(N2C(=O)c3ccccc3N[C@@H]2c2ccc(OCC#N)cc2)cc1. The zero-order valence-electron chi connectivity index (χ0n) is 16.1. The summed E-state index contributed by atoms with van der Waals surface area (Å²) in [7, 11) is 0. The lowest BCUT2D eigenvalue weighted by molar-refractivity contribution is 0.0975. The molecule has 0 bridgehead atoms. The first-order valence-electron chi connectivity index (χ1n) is 9.59. The first-order valence-corrected chi connectivity index (χ1v) is 9.59. The summed E-state index contributed by atoms with van der Waals surface area (Å²) in [5, 5.41) is 12.2. The van der Waals surface area contributed by atoms with Crippen molar-refractivity contribution in [2.75, 3.05) is 16.8 Å². The van der Waals surface area contributed by atoms with E-state index in [1.165, 1.54) is 5.56 Å². The smallest absolute Gasteiger partial charge is 0.262 e.